The van der Waals surface area contributed by atoms with Crippen LogP contribution in [0.3, 0.4) is 0 Å². The normalized spacial score (nSPS) is 16.6. The van der Waals surface area contributed by atoms with Gasteiger partial charge in [0.2, 0.25) is 0 Å². The van der Waals surface area contributed by atoms with Gasteiger partial charge in [-0.1, -0.05) is 0 Å². The number of ether oxygens (including phenoxy) is 2. The number of rotatable bonds is 9. The van der Waals surface area contributed by atoms with E-state index in [1.54, 1.807) is 0 Å². The van der Waals surface area contributed by atoms with Gasteiger partial charge in [-0.15, -0.1) is 0 Å². The van der Waals surface area contributed by atoms with Crippen LogP contribution < -0.4 is 0 Å². The summed E-state index contributed by atoms with van der Waals surface area (Å²) < 4.78 is 244. The second-order valence-electron chi connectivity index (χ2n) is 4.91. The van der Waals surface area contributed by atoms with Crippen molar-refractivity contribution in [3.8, 4) is 0 Å². The molecule has 23 heteroatoms. The first-order valence-electron chi connectivity index (χ1n) is 6.00. The van der Waals surface area contributed by atoms with Gasteiger partial charge in [0.05, 0.1) is 0 Å². The Balaban J connectivity index is 6.18. The van der Waals surface area contributed by atoms with Gasteiger partial charge in [-0.05, 0) is 0 Å². The minimum Gasteiger partial charge on any atom is -0.281 e. The Kier molecular flexibility index (Phi) is 7.01. The fourth-order valence-corrected chi connectivity index (χ4v) is 1.42. The van der Waals surface area contributed by atoms with E-state index in [-0.39, 0.29) is 0 Å². The zero-order valence-corrected chi connectivity index (χ0v) is 13.7. The average molecular weight is 532 g/mol. The fraction of sp³-hybridized carbons (Fsp3) is 1.00. The lowest BCUT2D eigenvalue weighted by molar-refractivity contribution is -0.547. The summed E-state index contributed by atoms with van der Waals surface area (Å²) in [7, 11) is -7.49. The molecule has 0 saturated carbocycles. The molecule has 0 radical (unpaired) electrons. The third-order valence-electron chi connectivity index (χ3n) is 2.63. The van der Waals surface area contributed by atoms with E-state index in [9.17, 15) is 83.1 Å². The van der Waals surface area contributed by atoms with Crippen LogP contribution in [0.2, 0.25) is 0 Å². The first-order valence-corrected chi connectivity index (χ1v) is 7.44. The summed E-state index contributed by atoms with van der Waals surface area (Å²) in [5.74, 6) is -16.1. The zero-order chi connectivity index (χ0) is 25.9. The molecule has 1 N–H and O–H groups in total. The van der Waals surface area contributed by atoms with Crippen LogP contribution in [-0.4, -0.2) is 60.7 Å². The monoisotopic (exact) mass is 532 g/mol. The Morgan fingerprint density at radius 1 is 0.484 bits per heavy atom. The SMILES string of the molecule is O=S(=O)(O)C(F)(F)C(F)(F)OC(F)(F)C(F)(F)OC(F)(F)C(F)(F)C(F)(F)C(F)(F)F. The van der Waals surface area contributed by atoms with Crippen molar-refractivity contribution in [1.29, 1.82) is 0 Å². The predicted molar refractivity (Wildman–Crippen MR) is 54.4 cm³/mol. The van der Waals surface area contributed by atoms with Crippen LogP contribution in [0.4, 0.5) is 74.6 Å². The molecule has 0 unspecified atom stereocenters. The summed E-state index contributed by atoms with van der Waals surface area (Å²) in [6.45, 7) is 0. The van der Waals surface area contributed by atoms with Gasteiger partial charge in [0.25, 0.3) is 0 Å². The van der Waals surface area contributed by atoms with Crippen molar-refractivity contribution in [2.45, 2.75) is 47.7 Å². The highest BCUT2D eigenvalue weighted by molar-refractivity contribution is 7.86. The number of halogens is 17. The number of alkyl halides is 17. The molecular formula is C8HF17O5S. The molecule has 5 nitrogen and oxygen atoms in total. The molecule has 0 aliphatic heterocycles. The van der Waals surface area contributed by atoms with Crippen LogP contribution in [0.25, 0.3) is 0 Å². The third-order valence-corrected chi connectivity index (χ3v) is 3.52. The molecule has 0 aliphatic carbocycles. The summed E-state index contributed by atoms with van der Waals surface area (Å²) in [5, 5.41) is -7.25. The maximum Gasteiger partial charge on any atom is 0.460 e. The highest BCUT2D eigenvalue weighted by Crippen LogP contribution is 2.56. The molecule has 0 aromatic heterocycles. The smallest absolute Gasteiger partial charge is 0.281 e. The maximum atomic E-state index is 12.9. The molecule has 0 fully saturated rings. The summed E-state index contributed by atoms with van der Waals surface area (Å²) in [6, 6.07) is 0. The van der Waals surface area contributed by atoms with Gasteiger partial charge in [0.1, 0.15) is 0 Å². The Morgan fingerprint density at radius 2 is 0.774 bits per heavy atom. The van der Waals surface area contributed by atoms with E-state index < -0.39 is 57.8 Å². The second-order valence-corrected chi connectivity index (χ2v) is 6.37. The first-order chi connectivity index (χ1) is 12.9. The van der Waals surface area contributed by atoms with Gasteiger partial charge < -0.3 is 0 Å². The molecule has 188 valence electrons. The van der Waals surface area contributed by atoms with Crippen molar-refractivity contribution in [2.75, 3.05) is 0 Å². The van der Waals surface area contributed by atoms with Crippen LogP contribution >= 0.6 is 0 Å². The minimum absolute atomic E-state index is 1.12. The van der Waals surface area contributed by atoms with E-state index in [1.807, 2.05) is 0 Å². The molecule has 0 aromatic rings. The van der Waals surface area contributed by atoms with E-state index in [0.29, 0.717) is 0 Å². The van der Waals surface area contributed by atoms with Crippen LogP contribution in [0.1, 0.15) is 0 Å². The van der Waals surface area contributed by atoms with Crippen LogP contribution in [-0.2, 0) is 19.6 Å². The van der Waals surface area contributed by atoms with Crippen LogP contribution in [0, 0.1) is 0 Å². The van der Waals surface area contributed by atoms with E-state index in [4.69, 9.17) is 4.55 Å². The van der Waals surface area contributed by atoms with Gasteiger partial charge >= 0.3 is 57.8 Å². The number of hydrogen-bond donors (Lipinski definition) is 1. The topological polar surface area (TPSA) is 72.8 Å². The fourth-order valence-electron chi connectivity index (χ4n) is 1.08. The van der Waals surface area contributed by atoms with Crippen molar-refractivity contribution in [3.63, 3.8) is 0 Å². The summed E-state index contributed by atoms with van der Waals surface area (Å²) in [6.07, 6.45) is -38.8. The molecule has 0 bridgehead atoms. The van der Waals surface area contributed by atoms with Gasteiger partial charge in [0, 0.05) is 0 Å². The lowest BCUT2D eigenvalue weighted by atomic mass is 10.1. The lowest BCUT2D eigenvalue weighted by Gasteiger charge is -2.36. The molecule has 0 atom stereocenters. The quantitative estimate of drug-likeness (QED) is 0.345. The zero-order valence-electron chi connectivity index (χ0n) is 12.9. The lowest BCUT2D eigenvalue weighted by Crippen LogP contribution is -2.65. The van der Waals surface area contributed by atoms with Crippen LogP contribution in [0.5, 0.6) is 0 Å². The van der Waals surface area contributed by atoms with Crippen molar-refractivity contribution in [1.82, 2.24) is 0 Å². The molecule has 0 rings (SSSR count). The van der Waals surface area contributed by atoms with Gasteiger partial charge in [0.15, 0.2) is 0 Å². The Labute approximate surface area is 156 Å². The highest BCUT2D eigenvalue weighted by atomic mass is 32.2. The number of hydrogen-bond acceptors (Lipinski definition) is 4. The average Bonchev–Trinajstić information content (AvgIpc) is 2.41. The van der Waals surface area contributed by atoms with E-state index in [2.05, 4.69) is 0 Å². The summed E-state index contributed by atoms with van der Waals surface area (Å²) >= 11 is 0. The van der Waals surface area contributed by atoms with Gasteiger partial charge in [-0.25, -0.2) is 9.47 Å². The largest absolute Gasteiger partial charge is 0.460 e. The Hall–Kier alpha value is -1.36. The Bertz CT molecular complexity index is 768. The van der Waals surface area contributed by atoms with E-state index >= 15 is 0 Å². The van der Waals surface area contributed by atoms with Crippen LogP contribution in [0.15, 0.2) is 0 Å². The molecule has 0 spiro atoms. The Morgan fingerprint density at radius 3 is 1.03 bits per heavy atom. The highest BCUT2D eigenvalue weighted by Gasteiger charge is 2.85. The third kappa shape index (κ3) is 4.86. The first kappa shape index (κ1) is 29.6. The standard InChI is InChI=1S/C8HF17O5S/c9-1(10,3(13,14)15)2(11,12)4(16,17)29-5(18,19)6(20,21)30-7(22,23)8(24,25)31(26,27)28/h(H,26,27,28). The molecule has 0 aromatic carbocycles. The minimum atomic E-state index is -8.15. The second kappa shape index (κ2) is 7.33. The molecule has 0 amide bonds. The summed E-state index contributed by atoms with van der Waals surface area (Å²) in [5.41, 5.74) is 0. The van der Waals surface area contributed by atoms with Crippen molar-refractivity contribution in [3.05, 3.63) is 0 Å². The molecular weight excluding hydrogens is 531 g/mol. The predicted octanol–water partition coefficient (Wildman–Crippen LogP) is 4.70. The molecule has 0 aliphatic rings. The molecule has 31 heavy (non-hydrogen) atoms. The summed E-state index contributed by atoms with van der Waals surface area (Å²) in [4.78, 5) is 0. The molecule has 0 heterocycles. The van der Waals surface area contributed by atoms with Gasteiger partial charge in [-0.2, -0.15) is 83.1 Å². The van der Waals surface area contributed by atoms with Gasteiger partial charge in [-0.3, -0.25) is 4.55 Å². The van der Waals surface area contributed by atoms with Crippen molar-refractivity contribution < 1.29 is 97.1 Å². The molecule has 0 saturated heterocycles. The van der Waals surface area contributed by atoms with Crippen molar-refractivity contribution >= 4 is 10.1 Å². The maximum absolute atomic E-state index is 12.9. The van der Waals surface area contributed by atoms with E-state index in [0.717, 1.165) is 4.74 Å². The van der Waals surface area contributed by atoms with E-state index in [1.165, 1.54) is 4.74 Å². The van der Waals surface area contributed by atoms with Crippen molar-refractivity contribution in [2.24, 2.45) is 0 Å².